The predicted octanol–water partition coefficient (Wildman–Crippen LogP) is 3.55. The minimum absolute atomic E-state index is 0.0651. The molecule has 0 aliphatic rings. The van der Waals surface area contributed by atoms with Crippen molar-refractivity contribution in [2.45, 2.75) is 6.92 Å². The summed E-state index contributed by atoms with van der Waals surface area (Å²) in [4.78, 5) is 1.97. The lowest BCUT2D eigenvalue weighted by atomic mass is 10.3. The molecule has 1 aromatic carbocycles. The minimum Gasteiger partial charge on any atom is -0.477 e. The molecule has 118 valence electrons. The molecule has 3 N–H and O–H groups in total. The lowest BCUT2D eigenvalue weighted by molar-refractivity contribution is -0.273. The molecule has 0 amide bonds. The van der Waals surface area contributed by atoms with Gasteiger partial charge in [0.2, 0.25) is 0 Å². The summed E-state index contributed by atoms with van der Waals surface area (Å²) in [5.74, 6) is -1.89. The molecule has 0 spiro atoms. The van der Waals surface area contributed by atoms with Gasteiger partial charge >= 0.3 is 0 Å². The summed E-state index contributed by atoms with van der Waals surface area (Å²) in [5, 5.41) is 20.3. The normalized spacial score (nSPS) is 11.4. The molecule has 9 heteroatoms. The number of hydrogen-bond donors (Lipinski definition) is 3. The zero-order valence-corrected chi connectivity index (χ0v) is 13.2. The van der Waals surface area contributed by atoms with E-state index >= 15 is 0 Å². The van der Waals surface area contributed by atoms with Crippen molar-refractivity contribution in [1.29, 1.82) is 0 Å². The molecule has 2 aromatic rings. The van der Waals surface area contributed by atoms with Gasteiger partial charge in [0, 0.05) is 12.3 Å². The van der Waals surface area contributed by atoms with Gasteiger partial charge in [0.25, 0.3) is 11.6 Å². The van der Waals surface area contributed by atoms with Crippen molar-refractivity contribution in [2.75, 3.05) is 12.5 Å². The quantitative estimate of drug-likeness (QED) is 0.432. The van der Waals surface area contributed by atoms with Gasteiger partial charge in [-0.1, -0.05) is 0 Å². The fraction of sp³-hybridized carbons (Fsp3) is 0.154. The molecule has 1 heterocycles. The topological polar surface area (TPSA) is 74.6 Å². The first-order chi connectivity index (χ1) is 10.3. The van der Waals surface area contributed by atoms with E-state index in [0.717, 1.165) is 12.1 Å². The lowest BCUT2D eigenvalue weighted by Crippen LogP contribution is -2.48. The van der Waals surface area contributed by atoms with Crippen LogP contribution in [0.5, 0.6) is 5.88 Å². The second-order valence-corrected chi connectivity index (χ2v) is 5.27. The maximum atomic E-state index is 13.9. The first kappa shape index (κ1) is 16.6. The number of benzene rings is 1. The third-order valence-corrected chi connectivity index (χ3v) is 3.54. The molecule has 0 saturated heterocycles. The Hall–Kier alpha value is -1.81. The Labute approximate surface area is 133 Å². The maximum absolute atomic E-state index is 13.9. The largest absolute Gasteiger partial charge is 0.477 e. The standard InChI is InChI=1S/C13H13BrF2N3O3/c1-7-5-10(13(22-2)17-6-7)19(20,21)18-9-4-3-8(15)11(14)12(9)16/h3-6,18,20-21H,1-2H3/q+1. The third kappa shape index (κ3) is 3.17. The van der Waals surface area contributed by atoms with E-state index < -0.39 is 21.0 Å². The molecule has 1 aromatic heterocycles. The van der Waals surface area contributed by atoms with Crippen molar-refractivity contribution < 1.29 is 23.9 Å². The summed E-state index contributed by atoms with van der Waals surface area (Å²) in [7, 11) is 1.30. The summed E-state index contributed by atoms with van der Waals surface area (Å²) in [5.41, 5.74) is 2.26. The van der Waals surface area contributed by atoms with Crippen molar-refractivity contribution in [3.8, 4) is 5.88 Å². The van der Waals surface area contributed by atoms with Gasteiger partial charge in [-0.2, -0.15) is 5.43 Å². The van der Waals surface area contributed by atoms with Gasteiger partial charge in [0.05, 0.1) is 16.5 Å². The second kappa shape index (κ2) is 6.13. The molecule has 0 unspecified atom stereocenters. The van der Waals surface area contributed by atoms with E-state index in [1.54, 1.807) is 6.92 Å². The highest BCUT2D eigenvalue weighted by molar-refractivity contribution is 9.10. The summed E-state index contributed by atoms with van der Waals surface area (Å²) >= 11 is 2.74. The van der Waals surface area contributed by atoms with E-state index in [-0.39, 0.29) is 17.3 Å². The zero-order valence-electron chi connectivity index (χ0n) is 11.6. The molecule has 0 radical (unpaired) electrons. The fourth-order valence-electron chi connectivity index (χ4n) is 1.76. The van der Waals surface area contributed by atoms with Gasteiger partial charge in [-0.3, -0.25) is 0 Å². The number of aromatic nitrogens is 1. The highest BCUT2D eigenvalue weighted by Crippen LogP contribution is 2.32. The van der Waals surface area contributed by atoms with Gasteiger partial charge in [0.1, 0.15) is 11.5 Å². The number of anilines is 1. The Morgan fingerprint density at radius 3 is 2.64 bits per heavy atom. The van der Waals surface area contributed by atoms with Crippen LogP contribution in [0.2, 0.25) is 0 Å². The first-order valence-corrected chi connectivity index (χ1v) is 6.83. The number of nitrogens with one attached hydrogen (secondary N) is 1. The Kier molecular flexibility index (Phi) is 4.61. The van der Waals surface area contributed by atoms with Crippen LogP contribution in [0.4, 0.5) is 20.2 Å². The van der Waals surface area contributed by atoms with Crippen molar-refractivity contribution in [1.82, 2.24) is 9.90 Å². The van der Waals surface area contributed by atoms with Crippen LogP contribution in [0.1, 0.15) is 5.56 Å². The molecule has 6 nitrogen and oxygen atoms in total. The minimum atomic E-state index is -1.92. The molecule has 0 aliphatic carbocycles. The van der Waals surface area contributed by atoms with Crippen molar-refractivity contribution in [3.63, 3.8) is 0 Å². The van der Waals surface area contributed by atoms with Crippen LogP contribution in [0, 0.1) is 18.6 Å². The summed E-state index contributed by atoms with van der Waals surface area (Å²) in [6.45, 7) is 1.69. The van der Waals surface area contributed by atoms with Crippen molar-refractivity contribution in [3.05, 3.63) is 46.1 Å². The number of halogens is 3. The van der Waals surface area contributed by atoms with Gasteiger partial charge in [-0.15, -0.1) is 10.4 Å². The van der Waals surface area contributed by atoms with Crippen LogP contribution in [-0.4, -0.2) is 22.5 Å². The predicted molar refractivity (Wildman–Crippen MR) is 78.6 cm³/mol. The van der Waals surface area contributed by atoms with Crippen LogP contribution < -0.4 is 15.1 Å². The van der Waals surface area contributed by atoms with Gasteiger partial charge in [0.15, 0.2) is 5.82 Å². The van der Waals surface area contributed by atoms with E-state index in [0.29, 0.717) is 5.56 Å². The van der Waals surface area contributed by atoms with Crippen molar-refractivity contribution >= 4 is 27.3 Å². The number of pyridine rings is 1. The van der Waals surface area contributed by atoms with Gasteiger partial charge in [-0.25, -0.2) is 13.8 Å². The monoisotopic (exact) mass is 376 g/mol. The van der Waals surface area contributed by atoms with Crippen LogP contribution >= 0.6 is 15.9 Å². The molecule has 0 saturated carbocycles. The first-order valence-electron chi connectivity index (χ1n) is 6.04. The molecule has 0 atom stereocenters. The van der Waals surface area contributed by atoms with Crippen LogP contribution in [0.25, 0.3) is 0 Å². The molecule has 2 rings (SSSR count). The zero-order chi connectivity index (χ0) is 16.5. The Morgan fingerprint density at radius 2 is 2.00 bits per heavy atom. The fourth-order valence-corrected chi connectivity index (χ4v) is 2.11. The summed E-state index contributed by atoms with van der Waals surface area (Å²) in [6, 6.07) is 3.40. The average Bonchev–Trinajstić information content (AvgIpc) is 2.48. The average molecular weight is 377 g/mol. The second-order valence-electron chi connectivity index (χ2n) is 4.48. The van der Waals surface area contributed by atoms with Crippen molar-refractivity contribution in [2.24, 2.45) is 0 Å². The molecule has 0 bridgehead atoms. The summed E-state index contributed by atoms with van der Waals surface area (Å²) in [6.07, 6.45) is 1.47. The van der Waals surface area contributed by atoms with Crippen LogP contribution in [0.3, 0.4) is 0 Å². The van der Waals surface area contributed by atoms with Crippen LogP contribution in [-0.2, 0) is 0 Å². The lowest BCUT2D eigenvalue weighted by Gasteiger charge is -2.22. The number of nitrogens with zero attached hydrogens (tertiary/aromatic N) is 2. The number of quaternary nitrogens is 1. The number of hydrogen-bond acceptors (Lipinski definition) is 5. The number of methoxy groups -OCH3 is 1. The van der Waals surface area contributed by atoms with E-state index in [2.05, 4.69) is 26.3 Å². The maximum Gasteiger partial charge on any atom is 0.289 e. The third-order valence-electron chi connectivity index (χ3n) is 2.81. The molecular weight excluding hydrogens is 364 g/mol. The number of rotatable bonds is 4. The van der Waals surface area contributed by atoms with Crippen LogP contribution in [0.15, 0.2) is 28.9 Å². The van der Waals surface area contributed by atoms with E-state index in [1.807, 2.05) is 0 Å². The number of ether oxygens (including phenoxy) is 1. The molecular formula is C13H13BrF2N3O3+. The van der Waals surface area contributed by atoms with E-state index in [1.165, 1.54) is 19.4 Å². The highest BCUT2D eigenvalue weighted by atomic mass is 79.9. The van der Waals surface area contributed by atoms with E-state index in [4.69, 9.17) is 4.74 Å². The SMILES string of the molecule is COc1ncc(C)cc1[N+](O)(O)Nc1ccc(F)c(Br)c1F. The Bertz CT molecular complexity index is 713. The van der Waals surface area contributed by atoms with E-state index in [9.17, 15) is 19.2 Å². The molecule has 0 aliphatic heterocycles. The van der Waals surface area contributed by atoms with Gasteiger partial charge in [-0.05, 0) is 40.5 Å². The summed E-state index contributed by atoms with van der Waals surface area (Å²) < 4.78 is 31.7. The highest BCUT2D eigenvalue weighted by Gasteiger charge is 2.34. The molecule has 0 fully saturated rings. The Morgan fingerprint density at radius 1 is 1.32 bits per heavy atom. The van der Waals surface area contributed by atoms with Gasteiger partial charge < -0.3 is 4.74 Å². The Balaban J connectivity index is 2.44. The smallest absolute Gasteiger partial charge is 0.289 e. The molecule has 22 heavy (non-hydrogen) atoms. The number of aryl methyl sites for hydroxylation is 1.